The SMILES string of the molecule is c1ccc(-c2ccc(-c3c(N(c4ccc(-c5ccccc5)cc4)c4ccc5c(c4)C(c4ccccc4)(c4ccccc4)c4ccccc4-5)ccc4c3sc3ccccc34)cc2)cc1. The third-order valence-corrected chi connectivity index (χ3v) is 14.2. The molecule has 0 unspecified atom stereocenters. The topological polar surface area (TPSA) is 3.24 Å². The van der Waals surface area contributed by atoms with Gasteiger partial charge in [-0.3, -0.25) is 0 Å². The van der Waals surface area contributed by atoms with Crippen LogP contribution in [0.4, 0.5) is 17.1 Å². The van der Waals surface area contributed by atoms with Crippen LogP contribution in [0.5, 0.6) is 0 Å². The normalized spacial score (nSPS) is 12.6. The Bertz CT molecular complexity index is 3370. The van der Waals surface area contributed by atoms with Crippen LogP contribution in [0.2, 0.25) is 0 Å². The number of hydrogen-bond acceptors (Lipinski definition) is 2. The van der Waals surface area contributed by atoms with E-state index < -0.39 is 5.41 Å². The molecule has 1 nitrogen and oxygen atoms in total. The van der Waals surface area contributed by atoms with Crippen molar-refractivity contribution < 1.29 is 0 Å². The lowest BCUT2D eigenvalue weighted by Crippen LogP contribution is -2.28. The smallest absolute Gasteiger partial charge is 0.0714 e. The molecule has 0 atom stereocenters. The highest BCUT2D eigenvalue weighted by molar-refractivity contribution is 7.26. The molecule has 0 saturated carbocycles. The molecule has 0 amide bonds. The van der Waals surface area contributed by atoms with E-state index in [1.807, 2.05) is 11.3 Å². The summed E-state index contributed by atoms with van der Waals surface area (Å²) in [7, 11) is 0. The van der Waals surface area contributed by atoms with E-state index in [9.17, 15) is 0 Å². The van der Waals surface area contributed by atoms with Gasteiger partial charge in [-0.05, 0) is 97.6 Å². The van der Waals surface area contributed by atoms with Crippen molar-refractivity contribution in [3.63, 3.8) is 0 Å². The fraction of sp³-hybridized carbons (Fsp3) is 0.0164. The fourth-order valence-electron chi connectivity index (χ4n) is 10.1. The van der Waals surface area contributed by atoms with Crippen LogP contribution in [0.25, 0.3) is 64.7 Å². The predicted octanol–water partition coefficient (Wildman–Crippen LogP) is 16.9. The molecule has 0 N–H and O–H groups in total. The fourth-order valence-corrected chi connectivity index (χ4v) is 11.4. The maximum Gasteiger partial charge on any atom is 0.0714 e. The molecule has 0 bridgehead atoms. The van der Waals surface area contributed by atoms with Crippen molar-refractivity contribution in [2.45, 2.75) is 5.41 Å². The molecule has 1 aromatic heterocycles. The highest BCUT2D eigenvalue weighted by Crippen LogP contribution is 2.58. The van der Waals surface area contributed by atoms with Crippen LogP contribution in [-0.2, 0) is 5.41 Å². The maximum absolute atomic E-state index is 2.50. The minimum atomic E-state index is -0.529. The number of thiophene rings is 1. The lowest BCUT2D eigenvalue weighted by molar-refractivity contribution is 0.768. The zero-order chi connectivity index (χ0) is 41.7. The Morgan fingerprint density at radius 3 is 1.48 bits per heavy atom. The first-order valence-electron chi connectivity index (χ1n) is 21.7. The molecule has 0 aliphatic heterocycles. The Hall–Kier alpha value is -7.78. The Kier molecular flexibility index (Phi) is 8.98. The number of benzene rings is 10. The van der Waals surface area contributed by atoms with Gasteiger partial charge in [-0.1, -0.05) is 212 Å². The van der Waals surface area contributed by atoms with Gasteiger partial charge >= 0.3 is 0 Å². The van der Waals surface area contributed by atoms with Gasteiger partial charge in [0.25, 0.3) is 0 Å². The number of nitrogens with zero attached hydrogens (tertiary/aromatic N) is 1. The monoisotopic (exact) mass is 819 g/mol. The molecule has 0 spiro atoms. The van der Waals surface area contributed by atoms with Crippen molar-refractivity contribution in [3.05, 3.63) is 271 Å². The number of fused-ring (bicyclic) bond motifs is 6. The Morgan fingerprint density at radius 2 is 0.825 bits per heavy atom. The van der Waals surface area contributed by atoms with E-state index in [-0.39, 0.29) is 0 Å². The number of rotatable bonds is 8. The molecule has 0 radical (unpaired) electrons. The second-order valence-corrected chi connectivity index (χ2v) is 17.4. The van der Waals surface area contributed by atoms with Crippen LogP contribution in [0.15, 0.2) is 249 Å². The van der Waals surface area contributed by atoms with Crippen molar-refractivity contribution in [1.29, 1.82) is 0 Å². The van der Waals surface area contributed by atoms with Gasteiger partial charge < -0.3 is 4.90 Å². The minimum Gasteiger partial charge on any atom is -0.310 e. The maximum atomic E-state index is 2.50. The van der Waals surface area contributed by atoms with Gasteiger partial charge in [0.05, 0.1) is 11.1 Å². The second kappa shape index (κ2) is 15.3. The van der Waals surface area contributed by atoms with Crippen LogP contribution < -0.4 is 4.90 Å². The third-order valence-electron chi connectivity index (χ3n) is 13.0. The highest BCUT2D eigenvalue weighted by Gasteiger charge is 2.46. The van der Waals surface area contributed by atoms with E-state index in [0.717, 1.165) is 17.1 Å². The van der Waals surface area contributed by atoms with E-state index in [0.29, 0.717) is 0 Å². The largest absolute Gasteiger partial charge is 0.310 e. The van der Waals surface area contributed by atoms with E-state index in [4.69, 9.17) is 0 Å². The number of hydrogen-bond donors (Lipinski definition) is 0. The first-order valence-corrected chi connectivity index (χ1v) is 22.5. The molecule has 1 heterocycles. The third kappa shape index (κ3) is 6.06. The molecule has 63 heavy (non-hydrogen) atoms. The molecule has 296 valence electrons. The standard InChI is InChI=1S/C61H41NS/c1-5-17-42(18-6-1)44-29-31-46(32-30-44)59-57(40-39-54-53-26-14-16-28-58(53)63-60(54)59)62(49-35-33-45(34-36-49)43-19-7-2-8-20-43)50-37-38-52-51-25-13-15-27-55(51)61(56(52)41-50,47-21-9-3-10-22-47)48-23-11-4-12-24-48/h1-41H. The molecule has 12 rings (SSSR count). The van der Waals surface area contributed by atoms with Gasteiger partial charge in [-0.25, -0.2) is 0 Å². The van der Waals surface area contributed by atoms with Crippen molar-refractivity contribution in [2.24, 2.45) is 0 Å². The summed E-state index contributed by atoms with van der Waals surface area (Å²) in [5, 5.41) is 2.56. The number of anilines is 3. The summed E-state index contributed by atoms with van der Waals surface area (Å²) in [6.07, 6.45) is 0. The van der Waals surface area contributed by atoms with Gasteiger partial charge in [0.15, 0.2) is 0 Å². The summed E-state index contributed by atoms with van der Waals surface area (Å²) in [6.45, 7) is 0. The first kappa shape index (κ1) is 37.0. The summed E-state index contributed by atoms with van der Waals surface area (Å²) < 4.78 is 2.57. The van der Waals surface area contributed by atoms with Crippen molar-refractivity contribution in [2.75, 3.05) is 4.90 Å². The molecule has 1 aliphatic carbocycles. The van der Waals surface area contributed by atoms with E-state index in [1.54, 1.807) is 0 Å². The van der Waals surface area contributed by atoms with Gasteiger partial charge in [-0.15, -0.1) is 11.3 Å². The lowest BCUT2D eigenvalue weighted by Gasteiger charge is -2.35. The molecular formula is C61H41NS. The van der Waals surface area contributed by atoms with Crippen LogP contribution >= 0.6 is 11.3 Å². The summed E-state index contributed by atoms with van der Waals surface area (Å²) in [5.41, 5.74) is 17.6. The minimum absolute atomic E-state index is 0.529. The quantitative estimate of drug-likeness (QED) is 0.148. The van der Waals surface area contributed by atoms with Gasteiger partial charge in [0.1, 0.15) is 0 Å². The Balaban J connectivity index is 1.14. The van der Waals surface area contributed by atoms with Gasteiger partial charge in [0.2, 0.25) is 0 Å². The van der Waals surface area contributed by atoms with E-state index in [2.05, 4.69) is 254 Å². The molecule has 0 saturated heterocycles. The van der Waals surface area contributed by atoms with Crippen LogP contribution in [-0.4, -0.2) is 0 Å². The van der Waals surface area contributed by atoms with Crippen molar-refractivity contribution >= 4 is 48.6 Å². The predicted molar refractivity (Wildman–Crippen MR) is 268 cm³/mol. The summed E-state index contributed by atoms with van der Waals surface area (Å²) in [4.78, 5) is 2.50. The van der Waals surface area contributed by atoms with Gasteiger partial charge in [0, 0.05) is 37.1 Å². The molecule has 11 aromatic rings. The lowest BCUT2D eigenvalue weighted by atomic mass is 9.67. The summed E-state index contributed by atoms with van der Waals surface area (Å²) in [5.74, 6) is 0. The molecular weight excluding hydrogens is 779 g/mol. The van der Waals surface area contributed by atoms with E-state index in [1.165, 1.54) is 86.9 Å². The second-order valence-electron chi connectivity index (χ2n) is 16.4. The van der Waals surface area contributed by atoms with Crippen LogP contribution in [0.3, 0.4) is 0 Å². The zero-order valence-electron chi connectivity index (χ0n) is 34.5. The Morgan fingerprint density at radius 1 is 0.333 bits per heavy atom. The van der Waals surface area contributed by atoms with Crippen LogP contribution in [0, 0.1) is 0 Å². The molecule has 2 heteroatoms. The molecule has 0 fully saturated rings. The summed E-state index contributed by atoms with van der Waals surface area (Å²) in [6, 6.07) is 91.6. The highest BCUT2D eigenvalue weighted by atomic mass is 32.1. The van der Waals surface area contributed by atoms with Gasteiger partial charge in [-0.2, -0.15) is 0 Å². The Labute approximate surface area is 372 Å². The average Bonchev–Trinajstić information content (AvgIpc) is 3.89. The molecule has 10 aromatic carbocycles. The van der Waals surface area contributed by atoms with Crippen molar-refractivity contribution in [3.8, 4) is 44.5 Å². The van der Waals surface area contributed by atoms with E-state index >= 15 is 0 Å². The van der Waals surface area contributed by atoms with Crippen LogP contribution in [0.1, 0.15) is 22.3 Å². The first-order chi connectivity index (χ1) is 31.3. The summed E-state index contributed by atoms with van der Waals surface area (Å²) >= 11 is 1.88. The zero-order valence-corrected chi connectivity index (χ0v) is 35.3. The average molecular weight is 820 g/mol. The molecule has 1 aliphatic rings. The van der Waals surface area contributed by atoms with Crippen molar-refractivity contribution in [1.82, 2.24) is 0 Å².